The van der Waals surface area contributed by atoms with E-state index in [-0.39, 0.29) is 0 Å². The summed E-state index contributed by atoms with van der Waals surface area (Å²) in [6.45, 7) is 0. The number of fused-ring (bicyclic) bond motifs is 11. The van der Waals surface area contributed by atoms with Crippen LogP contribution in [0.15, 0.2) is 403 Å². The molecule has 0 bridgehead atoms. The minimum absolute atomic E-state index is 0.823. The highest BCUT2D eigenvalue weighted by atomic mass is 16.3. The Balaban J connectivity index is 0.855. The number of benzene rings is 18. The molecule has 0 spiro atoms. The van der Waals surface area contributed by atoms with Gasteiger partial charge in [-0.25, -0.2) is 0 Å². The van der Waals surface area contributed by atoms with Crippen molar-refractivity contribution in [2.75, 3.05) is 0 Å². The van der Waals surface area contributed by atoms with Gasteiger partial charge in [0.1, 0.15) is 22.3 Å². The van der Waals surface area contributed by atoms with E-state index in [1.165, 1.54) is 43.8 Å². The number of hydrogen-bond acceptors (Lipinski definition) is 2. The Kier molecular flexibility index (Phi) is 14.6. The fraction of sp³-hybridized carbons (Fsp3) is 0. The zero-order valence-electron chi connectivity index (χ0n) is 58.3. The van der Waals surface area contributed by atoms with Crippen LogP contribution in [0.4, 0.5) is 0 Å². The van der Waals surface area contributed by atoms with Gasteiger partial charge in [-0.1, -0.05) is 322 Å². The van der Waals surface area contributed by atoms with Crippen molar-refractivity contribution < 1.29 is 8.83 Å². The Hall–Kier alpha value is -14.1. The maximum Gasteiger partial charge on any atom is 0.143 e. The molecule has 0 N–H and O–H groups in total. The summed E-state index contributed by atoms with van der Waals surface area (Å²) in [6, 6.07) is 144. The normalized spacial score (nSPS) is 11.7. The first-order valence-electron chi connectivity index (χ1n) is 36.8. The average Bonchev–Trinajstić information content (AvgIpc) is 1.71. The molecule has 0 aliphatic heterocycles. The van der Waals surface area contributed by atoms with Gasteiger partial charge in [-0.2, -0.15) is 0 Å². The lowest BCUT2D eigenvalue weighted by molar-refractivity contribution is 0.671. The molecule has 3 heteroatoms. The summed E-state index contributed by atoms with van der Waals surface area (Å²) < 4.78 is 17.7. The third-order valence-corrected chi connectivity index (χ3v) is 21.9. The molecule has 0 fully saturated rings. The summed E-state index contributed by atoms with van der Waals surface area (Å²) in [6.07, 6.45) is 0. The van der Waals surface area contributed by atoms with Crippen LogP contribution in [0.5, 0.6) is 0 Å². The van der Waals surface area contributed by atoms with Crippen LogP contribution in [-0.2, 0) is 0 Å². The molecule has 0 radical (unpaired) electrons. The quantitative estimate of drug-likeness (QED) is 0.114. The van der Waals surface area contributed by atoms with E-state index in [0.717, 1.165) is 172 Å². The van der Waals surface area contributed by atoms with Gasteiger partial charge in [0, 0.05) is 65.8 Å². The van der Waals surface area contributed by atoms with E-state index in [0.29, 0.717) is 0 Å². The van der Waals surface area contributed by atoms with Crippen LogP contribution < -0.4 is 0 Å². The minimum Gasteiger partial charge on any atom is -0.455 e. The van der Waals surface area contributed by atoms with Gasteiger partial charge in [0.05, 0.1) is 11.0 Å². The second-order valence-electron chi connectivity index (χ2n) is 28.1. The number of nitrogens with zero attached hydrogens (tertiary/aromatic N) is 1. The topological polar surface area (TPSA) is 31.2 Å². The largest absolute Gasteiger partial charge is 0.455 e. The Labute approximate surface area is 619 Å². The van der Waals surface area contributed by atoms with Gasteiger partial charge in [0.15, 0.2) is 0 Å². The van der Waals surface area contributed by atoms with Crippen molar-refractivity contribution >= 4 is 87.2 Å². The highest BCUT2D eigenvalue weighted by molar-refractivity contribution is 6.24. The summed E-state index contributed by atoms with van der Waals surface area (Å²) >= 11 is 0. The molecule has 3 heterocycles. The first-order chi connectivity index (χ1) is 53.1. The van der Waals surface area contributed by atoms with Gasteiger partial charge < -0.3 is 13.4 Å². The lowest BCUT2D eigenvalue weighted by Gasteiger charge is -2.19. The van der Waals surface area contributed by atoms with Crippen LogP contribution in [0.2, 0.25) is 0 Å². The van der Waals surface area contributed by atoms with Gasteiger partial charge >= 0.3 is 0 Å². The van der Waals surface area contributed by atoms with Crippen molar-refractivity contribution in [2.45, 2.75) is 0 Å². The zero-order chi connectivity index (χ0) is 70.5. The smallest absolute Gasteiger partial charge is 0.143 e. The molecule has 3 nitrogen and oxygen atoms in total. The summed E-state index contributed by atoms with van der Waals surface area (Å²) in [5.41, 5.74) is 30.9. The van der Waals surface area contributed by atoms with Crippen LogP contribution in [0.25, 0.3) is 215 Å². The summed E-state index contributed by atoms with van der Waals surface area (Å²) in [5, 5.41) is 11.3. The lowest BCUT2D eigenvalue weighted by atomic mass is 9.85. The first-order valence-corrected chi connectivity index (χ1v) is 36.8. The fourth-order valence-electron chi connectivity index (χ4n) is 17.0. The van der Waals surface area contributed by atoms with Crippen molar-refractivity contribution in [1.82, 2.24) is 4.57 Å². The van der Waals surface area contributed by atoms with E-state index in [2.05, 4.69) is 399 Å². The summed E-state index contributed by atoms with van der Waals surface area (Å²) in [5.74, 6) is 0. The molecule has 0 unspecified atom stereocenters. The van der Waals surface area contributed by atoms with Crippen molar-refractivity contribution in [2.24, 2.45) is 0 Å². The van der Waals surface area contributed by atoms with E-state index in [1.807, 2.05) is 0 Å². The molecule has 0 saturated heterocycles. The molecule has 21 aromatic rings. The first kappa shape index (κ1) is 61.5. The third kappa shape index (κ3) is 10.4. The van der Waals surface area contributed by atoms with Crippen molar-refractivity contribution in [3.8, 4) is 128 Å². The molecule has 107 heavy (non-hydrogen) atoms. The van der Waals surface area contributed by atoms with Crippen molar-refractivity contribution in [3.63, 3.8) is 0 Å². The Morgan fingerprint density at radius 2 is 0.477 bits per heavy atom. The number of hydrogen-bond donors (Lipinski definition) is 0. The van der Waals surface area contributed by atoms with E-state index in [4.69, 9.17) is 8.83 Å². The van der Waals surface area contributed by atoms with Crippen LogP contribution in [0.1, 0.15) is 0 Å². The zero-order valence-corrected chi connectivity index (χ0v) is 58.3. The molecule has 3 aromatic heterocycles. The summed E-state index contributed by atoms with van der Waals surface area (Å²) in [4.78, 5) is 0. The molecular formula is C104H65NO2. The van der Waals surface area contributed by atoms with E-state index in [1.54, 1.807) is 0 Å². The summed E-state index contributed by atoms with van der Waals surface area (Å²) in [7, 11) is 0. The molecule has 0 saturated carbocycles. The second-order valence-corrected chi connectivity index (χ2v) is 28.1. The van der Waals surface area contributed by atoms with E-state index in [9.17, 15) is 0 Å². The van der Waals surface area contributed by atoms with Gasteiger partial charge in [-0.15, -0.1) is 0 Å². The molecule has 18 aromatic carbocycles. The minimum atomic E-state index is 0.823. The van der Waals surface area contributed by atoms with Gasteiger partial charge in [-0.3, -0.25) is 0 Å². The van der Waals surface area contributed by atoms with Crippen LogP contribution in [0, 0.1) is 0 Å². The van der Waals surface area contributed by atoms with E-state index >= 15 is 0 Å². The Morgan fingerprint density at radius 3 is 0.935 bits per heavy atom. The van der Waals surface area contributed by atoms with Gasteiger partial charge in [0.25, 0.3) is 0 Å². The van der Waals surface area contributed by atoms with Crippen molar-refractivity contribution in [1.29, 1.82) is 0 Å². The Bertz CT molecular complexity index is 7040. The van der Waals surface area contributed by atoms with Crippen LogP contribution >= 0.6 is 0 Å². The van der Waals surface area contributed by atoms with Gasteiger partial charge in [0.2, 0.25) is 0 Å². The second kappa shape index (κ2) is 25.4. The molecule has 498 valence electrons. The highest BCUT2D eigenvalue weighted by Crippen LogP contribution is 2.51. The fourth-order valence-corrected chi connectivity index (χ4v) is 17.0. The predicted octanol–water partition coefficient (Wildman–Crippen LogP) is 29.2. The molecule has 0 aliphatic rings. The van der Waals surface area contributed by atoms with Crippen LogP contribution in [-0.4, -0.2) is 4.57 Å². The highest BCUT2D eigenvalue weighted by Gasteiger charge is 2.27. The SMILES string of the molecule is c1ccc(-c2cc(-c3ccccc3)c3oc4c(-c5ccc6c7cccc(-c8cc(-c9ccccc9)cc9c8oc8c(-c%10ccccc%10)cc(-c%10ccccc%10)cc89)c7n(-c7cccc(-c8ccc9c(-c%10ccccc%10)c%10ccccc%10c(-c%10ccccc%10)c9c8)c7)c6c5)cc(-c5ccccc5)cc4c3c2)cc1. The maximum absolute atomic E-state index is 7.63. The third-order valence-electron chi connectivity index (χ3n) is 21.9. The monoisotopic (exact) mass is 1360 g/mol. The maximum atomic E-state index is 7.63. The van der Waals surface area contributed by atoms with Crippen LogP contribution in [0.3, 0.4) is 0 Å². The molecule has 0 atom stereocenters. The molecular weight excluding hydrogens is 1300 g/mol. The number of aromatic nitrogens is 1. The Morgan fingerprint density at radius 1 is 0.159 bits per heavy atom. The number of furan rings is 2. The van der Waals surface area contributed by atoms with Crippen molar-refractivity contribution in [3.05, 3.63) is 394 Å². The van der Waals surface area contributed by atoms with Gasteiger partial charge in [-0.05, 0) is 189 Å². The average molecular weight is 1360 g/mol. The predicted molar refractivity (Wildman–Crippen MR) is 450 cm³/mol. The molecule has 0 aliphatic carbocycles. The molecule has 0 amide bonds. The lowest BCUT2D eigenvalue weighted by Crippen LogP contribution is -1.97. The number of para-hydroxylation sites is 1. The number of rotatable bonds is 12. The standard InChI is InChI=1S/C104H65NO2/c1-9-29-66(30-10-1)77-57-88(70-37-17-5-18-38-70)101-93(61-77)94-63-79(68-33-13-3-14-34-68)59-90(103(94)106-101)76-52-53-82-86-49-28-50-87(92-60-80(69-35-15-4-16-36-69)64-96-95-62-78(67-31-11-2-12-32-67)58-89(102(95)107-104(92)96)71-39-19-6-20-40-71)100(86)105(97(82)65-76)81-46-27-45-74(55-81)75-51-54-85-91(56-75)99(73-43-23-8-24-44-73)84-48-26-25-47-83(84)98(85)72-41-21-7-22-42-72/h1-65H. The molecule has 21 rings (SSSR count). The van der Waals surface area contributed by atoms with E-state index < -0.39 is 0 Å².